The zero-order chi connectivity index (χ0) is 22.6. The third-order valence-electron chi connectivity index (χ3n) is 4.71. The summed E-state index contributed by atoms with van der Waals surface area (Å²) in [6, 6.07) is -0.709. The summed E-state index contributed by atoms with van der Waals surface area (Å²) in [5.74, 6) is -1.30. The van der Waals surface area contributed by atoms with Gasteiger partial charge in [0.05, 0.1) is 11.8 Å². The van der Waals surface area contributed by atoms with Gasteiger partial charge in [-0.25, -0.2) is 0 Å². The van der Waals surface area contributed by atoms with Gasteiger partial charge in [0.15, 0.2) is 5.69 Å². The predicted molar refractivity (Wildman–Crippen MR) is 116 cm³/mol. The van der Waals surface area contributed by atoms with Gasteiger partial charge < -0.3 is 26.4 Å². The minimum absolute atomic E-state index is 0.0469. The topological polar surface area (TPSA) is 141 Å². The molecule has 0 spiro atoms. The van der Waals surface area contributed by atoms with E-state index in [0.29, 0.717) is 13.0 Å². The van der Waals surface area contributed by atoms with Crippen LogP contribution < -0.4 is 16.8 Å². The standard InChI is InChI=1S/C20H33N5O4S/c1-11(2)9-13(18(27)23-20(3,4)5)25(10-12-7-6-8-29-12)19(28)16-14(21)15(17(22)26)24-30-16/h11-13H,6-10,21H2,1-5H3,(H2,22,26)(H,23,27)/t12-,13+/m0/s1. The molecular weight excluding hydrogens is 406 g/mol. The Hall–Kier alpha value is -2.20. The van der Waals surface area contributed by atoms with E-state index in [1.165, 1.54) is 4.90 Å². The van der Waals surface area contributed by atoms with Gasteiger partial charge in [0.1, 0.15) is 10.9 Å². The molecule has 0 radical (unpaired) electrons. The van der Waals surface area contributed by atoms with Crippen molar-refractivity contribution in [2.75, 3.05) is 18.9 Å². The monoisotopic (exact) mass is 439 g/mol. The molecule has 1 aliphatic heterocycles. The molecule has 1 aromatic rings. The average Bonchev–Trinajstić information content (AvgIpc) is 3.25. The number of nitrogen functional groups attached to an aromatic ring is 1. The lowest BCUT2D eigenvalue weighted by Crippen LogP contribution is -2.55. The number of primary amides is 1. The lowest BCUT2D eigenvalue weighted by molar-refractivity contribution is -0.128. The molecule has 0 saturated carbocycles. The predicted octanol–water partition coefficient (Wildman–Crippen LogP) is 1.77. The number of anilines is 1. The van der Waals surface area contributed by atoms with Crippen molar-refractivity contribution in [3.63, 3.8) is 0 Å². The molecule has 0 aromatic carbocycles. The smallest absolute Gasteiger partial charge is 0.270 e. The van der Waals surface area contributed by atoms with Crippen LogP contribution in [0, 0.1) is 5.92 Å². The van der Waals surface area contributed by atoms with Gasteiger partial charge in [-0.3, -0.25) is 14.4 Å². The first-order valence-corrected chi connectivity index (χ1v) is 11.0. The SMILES string of the molecule is CC(C)C[C@H](C(=O)NC(C)(C)C)N(C[C@@H]1CCCO1)C(=O)c1snc(C(N)=O)c1N. The molecule has 168 valence electrons. The van der Waals surface area contributed by atoms with E-state index in [-0.39, 0.29) is 40.7 Å². The lowest BCUT2D eigenvalue weighted by atomic mass is 9.98. The first kappa shape index (κ1) is 24.1. The number of hydrogen-bond donors (Lipinski definition) is 3. The van der Waals surface area contributed by atoms with Gasteiger partial charge in [0, 0.05) is 18.7 Å². The first-order valence-electron chi connectivity index (χ1n) is 10.2. The van der Waals surface area contributed by atoms with E-state index < -0.39 is 23.4 Å². The zero-order valence-corrected chi connectivity index (χ0v) is 19.2. The van der Waals surface area contributed by atoms with Crippen LogP contribution in [-0.4, -0.2) is 57.8 Å². The van der Waals surface area contributed by atoms with Crippen LogP contribution in [0.4, 0.5) is 5.69 Å². The Morgan fingerprint density at radius 2 is 2.00 bits per heavy atom. The van der Waals surface area contributed by atoms with Crippen LogP contribution in [0.3, 0.4) is 0 Å². The van der Waals surface area contributed by atoms with E-state index >= 15 is 0 Å². The van der Waals surface area contributed by atoms with Crippen LogP contribution in [-0.2, 0) is 9.53 Å². The molecule has 30 heavy (non-hydrogen) atoms. The highest BCUT2D eigenvalue weighted by atomic mass is 32.1. The van der Waals surface area contributed by atoms with Crippen molar-refractivity contribution in [1.82, 2.24) is 14.6 Å². The molecule has 0 aliphatic carbocycles. The number of carbonyl (C=O) groups excluding carboxylic acids is 3. The molecule has 0 unspecified atom stereocenters. The van der Waals surface area contributed by atoms with Gasteiger partial charge in [0.25, 0.3) is 11.8 Å². The third kappa shape index (κ3) is 6.15. The normalized spacial score (nSPS) is 17.7. The number of nitrogens with one attached hydrogen (secondary N) is 1. The number of rotatable bonds is 8. The molecule has 9 nitrogen and oxygen atoms in total. The number of nitrogens with zero attached hydrogens (tertiary/aromatic N) is 2. The van der Waals surface area contributed by atoms with E-state index in [9.17, 15) is 14.4 Å². The number of carbonyl (C=O) groups is 3. The molecule has 0 bridgehead atoms. The molecule has 2 atom stereocenters. The van der Waals surface area contributed by atoms with Gasteiger partial charge in [-0.1, -0.05) is 13.8 Å². The summed E-state index contributed by atoms with van der Waals surface area (Å²) in [5.41, 5.74) is 10.7. The van der Waals surface area contributed by atoms with Gasteiger partial charge in [-0.05, 0) is 57.5 Å². The van der Waals surface area contributed by atoms with E-state index in [4.69, 9.17) is 16.2 Å². The summed E-state index contributed by atoms with van der Waals surface area (Å²) in [6.07, 6.45) is 2.03. The van der Waals surface area contributed by atoms with Gasteiger partial charge in [-0.15, -0.1) is 0 Å². The molecule has 5 N–H and O–H groups in total. The number of aromatic nitrogens is 1. The first-order chi connectivity index (χ1) is 13.9. The summed E-state index contributed by atoms with van der Waals surface area (Å²) in [4.78, 5) is 39.8. The fourth-order valence-corrected chi connectivity index (χ4v) is 4.16. The van der Waals surface area contributed by atoms with Crippen LogP contribution in [0.15, 0.2) is 0 Å². The number of ether oxygens (including phenoxy) is 1. The molecule has 1 saturated heterocycles. The molecule has 3 amide bonds. The molecule has 2 heterocycles. The van der Waals surface area contributed by atoms with E-state index in [2.05, 4.69) is 9.69 Å². The average molecular weight is 440 g/mol. The number of amides is 3. The quantitative estimate of drug-likeness (QED) is 0.564. The van der Waals surface area contributed by atoms with E-state index in [1.54, 1.807) is 0 Å². The summed E-state index contributed by atoms with van der Waals surface area (Å²) < 4.78 is 9.67. The Morgan fingerprint density at radius 1 is 1.33 bits per heavy atom. The third-order valence-corrected chi connectivity index (χ3v) is 5.56. The summed E-state index contributed by atoms with van der Waals surface area (Å²) >= 11 is 0.820. The van der Waals surface area contributed by atoms with Crippen molar-refractivity contribution in [3.05, 3.63) is 10.6 Å². The lowest BCUT2D eigenvalue weighted by Gasteiger charge is -2.35. The van der Waals surface area contributed by atoms with E-state index in [1.807, 2.05) is 34.6 Å². The highest BCUT2D eigenvalue weighted by Gasteiger charge is 2.37. The highest BCUT2D eigenvalue weighted by Crippen LogP contribution is 2.27. The van der Waals surface area contributed by atoms with Crippen molar-refractivity contribution in [3.8, 4) is 0 Å². The number of hydrogen-bond acceptors (Lipinski definition) is 7. The molecule has 10 heteroatoms. The van der Waals surface area contributed by atoms with Crippen molar-refractivity contribution in [2.45, 2.75) is 71.6 Å². The second kappa shape index (κ2) is 9.74. The van der Waals surface area contributed by atoms with E-state index in [0.717, 1.165) is 24.4 Å². The van der Waals surface area contributed by atoms with Crippen molar-refractivity contribution >= 4 is 34.9 Å². The molecule has 1 aliphatic rings. The molecular formula is C20H33N5O4S. The largest absolute Gasteiger partial charge is 0.395 e. The Morgan fingerprint density at radius 3 is 2.47 bits per heavy atom. The molecule has 1 aromatic heterocycles. The Labute approximate surface area is 181 Å². The van der Waals surface area contributed by atoms with Gasteiger partial charge >= 0.3 is 0 Å². The van der Waals surface area contributed by atoms with Gasteiger partial charge in [0.2, 0.25) is 5.91 Å². The Bertz CT molecular complexity index is 781. The van der Waals surface area contributed by atoms with Gasteiger partial charge in [-0.2, -0.15) is 4.37 Å². The van der Waals surface area contributed by atoms with Crippen molar-refractivity contribution in [2.24, 2.45) is 11.7 Å². The van der Waals surface area contributed by atoms with Crippen molar-refractivity contribution in [1.29, 1.82) is 0 Å². The van der Waals surface area contributed by atoms with Crippen LogP contribution in [0.1, 0.15) is 74.0 Å². The Kier molecular flexibility index (Phi) is 7.81. The molecule has 1 fully saturated rings. The molecule has 2 rings (SSSR count). The zero-order valence-electron chi connectivity index (χ0n) is 18.4. The summed E-state index contributed by atoms with van der Waals surface area (Å²) in [6.45, 7) is 10.6. The minimum atomic E-state index is -0.794. The van der Waals surface area contributed by atoms with Crippen molar-refractivity contribution < 1.29 is 19.1 Å². The van der Waals surface area contributed by atoms with Crippen LogP contribution >= 0.6 is 11.5 Å². The summed E-state index contributed by atoms with van der Waals surface area (Å²) in [7, 11) is 0. The maximum absolute atomic E-state index is 13.5. The van der Waals surface area contributed by atoms with Crippen LogP contribution in [0.2, 0.25) is 0 Å². The fraction of sp³-hybridized carbons (Fsp3) is 0.700. The fourth-order valence-electron chi connectivity index (χ4n) is 3.39. The maximum atomic E-state index is 13.5. The highest BCUT2D eigenvalue weighted by molar-refractivity contribution is 7.09. The number of nitrogens with two attached hydrogens (primary N) is 2. The maximum Gasteiger partial charge on any atom is 0.270 e. The minimum Gasteiger partial charge on any atom is -0.395 e. The second-order valence-corrected chi connectivity index (χ2v) is 9.89. The van der Waals surface area contributed by atoms with Crippen LogP contribution in [0.25, 0.3) is 0 Å². The Balaban J connectivity index is 2.43. The van der Waals surface area contributed by atoms with Crippen LogP contribution in [0.5, 0.6) is 0 Å². The second-order valence-electron chi connectivity index (χ2n) is 9.12. The summed E-state index contributed by atoms with van der Waals surface area (Å²) in [5, 5.41) is 2.98.